The van der Waals surface area contributed by atoms with Crippen molar-refractivity contribution >= 4 is 17.7 Å². The summed E-state index contributed by atoms with van der Waals surface area (Å²) >= 11 is 0. The topological polar surface area (TPSA) is 120 Å². The Morgan fingerprint density at radius 2 is 1.87 bits per heavy atom. The zero-order chi connectivity index (χ0) is 16.8. The largest absolute Gasteiger partial charge is 0.433 e. The molecule has 8 heteroatoms. The van der Waals surface area contributed by atoms with Crippen LogP contribution in [0.5, 0.6) is 0 Å². The number of nitro groups is 1. The van der Waals surface area contributed by atoms with Crippen LogP contribution >= 0.6 is 0 Å². The van der Waals surface area contributed by atoms with E-state index >= 15 is 0 Å². The Balaban J connectivity index is 2.18. The van der Waals surface area contributed by atoms with E-state index in [0.29, 0.717) is 0 Å². The molecule has 1 aromatic carbocycles. The summed E-state index contributed by atoms with van der Waals surface area (Å²) in [4.78, 5) is 34.7. The second kappa shape index (κ2) is 7.21. The number of carbonyl (C=O) groups excluding carboxylic acids is 2. The van der Waals surface area contributed by atoms with Crippen molar-refractivity contribution in [2.45, 2.75) is 13.0 Å². The molecule has 1 aromatic heterocycles. The molecule has 2 amide bonds. The van der Waals surface area contributed by atoms with Gasteiger partial charge in [0.2, 0.25) is 5.91 Å². The number of hydrogen-bond acceptors (Lipinski definition) is 5. The van der Waals surface area contributed by atoms with Gasteiger partial charge in [0.25, 0.3) is 5.91 Å². The second-order valence-corrected chi connectivity index (χ2v) is 4.82. The molecule has 0 atom stereocenters. The molecule has 0 aliphatic carbocycles. The first kappa shape index (κ1) is 16.2. The predicted molar refractivity (Wildman–Crippen MR) is 80.4 cm³/mol. The van der Waals surface area contributed by atoms with Crippen molar-refractivity contribution in [1.82, 2.24) is 4.90 Å². The minimum absolute atomic E-state index is 0.0125. The highest BCUT2D eigenvalue weighted by atomic mass is 16.6. The first-order valence-corrected chi connectivity index (χ1v) is 6.83. The fraction of sp³-hybridized carbons (Fsp3) is 0.200. The average molecular weight is 317 g/mol. The normalized spacial score (nSPS) is 10.3. The third kappa shape index (κ3) is 4.40. The SMILES string of the molecule is NC(=O)CCN(Cc1ccccc1)C(=O)c1ccc([N+](=O)[O-])o1. The standard InChI is InChI=1S/C15H15N3O5/c16-13(19)8-9-17(10-11-4-2-1-3-5-11)15(20)12-6-7-14(23-12)18(21)22/h1-7H,8-10H2,(H2,16,19). The quantitative estimate of drug-likeness (QED) is 0.615. The molecule has 0 radical (unpaired) electrons. The Bertz CT molecular complexity index is 711. The minimum atomic E-state index is -0.721. The fourth-order valence-corrected chi connectivity index (χ4v) is 2.00. The average Bonchev–Trinajstić information content (AvgIpc) is 3.01. The van der Waals surface area contributed by atoms with Crippen LogP contribution in [-0.2, 0) is 11.3 Å². The van der Waals surface area contributed by atoms with Crippen molar-refractivity contribution in [2.75, 3.05) is 6.54 Å². The lowest BCUT2D eigenvalue weighted by atomic mass is 10.2. The van der Waals surface area contributed by atoms with E-state index in [1.54, 1.807) is 0 Å². The highest BCUT2D eigenvalue weighted by Gasteiger charge is 2.23. The summed E-state index contributed by atoms with van der Waals surface area (Å²) in [5.41, 5.74) is 5.98. The van der Waals surface area contributed by atoms with Crippen molar-refractivity contribution in [2.24, 2.45) is 5.73 Å². The summed E-state index contributed by atoms with van der Waals surface area (Å²) in [5.74, 6) is -1.75. The van der Waals surface area contributed by atoms with Gasteiger partial charge >= 0.3 is 5.88 Å². The number of hydrogen-bond donors (Lipinski definition) is 1. The Labute approximate surface area is 131 Å². The molecular weight excluding hydrogens is 302 g/mol. The highest BCUT2D eigenvalue weighted by Crippen LogP contribution is 2.18. The molecule has 0 aliphatic rings. The molecule has 120 valence electrons. The van der Waals surface area contributed by atoms with Gasteiger partial charge in [-0.3, -0.25) is 19.7 Å². The number of carbonyl (C=O) groups is 2. The lowest BCUT2D eigenvalue weighted by Gasteiger charge is -2.21. The Hall–Kier alpha value is -3.16. The van der Waals surface area contributed by atoms with Gasteiger partial charge in [0.15, 0.2) is 5.76 Å². The van der Waals surface area contributed by atoms with E-state index in [1.807, 2.05) is 30.3 Å². The lowest BCUT2D eigenvalue weighted by molar-refractivity contribution is -0.402. The van der Waals surface area contributed by atoms with Gasteiger partial charge < -0.3 is 15.1 Å². The maximum Gasteiger partial charge on any atom is 0.433 e. The minimum Gasteiger partial charge on any atom is -0.395 e. The van der Waals surface area contributed by atoms with Crippen LogP contribution in [0.2, 0.25) is 0 Å². The molecule has 0 unspecified atom stereocenters. The second-order valence-electron chi connectivity index (χ2n) is 4.82. The lowest BCUT2D eigenvalue weighted by Crippen LogP contribution is -2.33. The van der Waals surface area contributed by atoms with Crippen LogP contribution in [0.25, 0.3) is 0 Å². The van der Waals surface area contributed by atoms with Crippen LogP contribution in [0.4, 0.5) is 5.88 Å². The molecule has 0 saturated carbocycles. The molecule has 0 bridgehead atoms. The number of primary amides is 1. The summed E-state index contributed by atoms with van der Waals surface area (Å²) in [6.45, 7) is 0.332. The van der Waals surface area contributed by atoms with Crippen molar-refractivity contribution in [3.63, 3.8) is 0 Å². The molecule has 8 nitrogen and oxygen atoms in total. The van der Waals surface area contributed by atoms with E-state index in [2.05, 4.69) is 0 Å². The van der Waals surface area contributed by atoms with Crippen LogP contribution in [0.15, 0.2) is 46.9 Å². The number of nitrogens with zero attached hydrogens (tertiary/aromatic N) is 2. The zero-order valence-corrected chi connectivity index (χ0v) is 12.2. The summed E-state index contributed by atoms with van der Waals surface area (Å²) in [6.07, 6.45) is -0.0125. The third-order valence-electron chi connectivity index (χ3n) is 3.11. The van der Waals surface area contributed by atoms with Gasteiger partial charge in [0.05, 0.1) is 6.07 Å². The zero-order valence-electron chi connectivity index (χ0n) is 12.2. The van der Waals surface area contributed by atoms with Crippen LogP contribution in [0.3, 0.4) is 0 Å². The molecule has 2 aromatic rings. The molecule has 0 saturated heterocycles. The Morgan fingerprint density at radius 3 is 2.43 bits per heavy atom. The van der Waals surface area contributed by atoms with Gasteiger partial charge in [0.1, 0.15) is 4.92 Å². The molecule has 0 spiro atoms. The van der Waals surface area contributed by atoms with E-state index in [1.165, 1.54) is 11.0 Å². The van der Waals surface area contributed by atoms with Crippen LogP contribution in [-0.4, -0.2) is 28.2 Å². The summed E-state index contributed by atoms with van der Waals surface area (Å²) in [6, 6.07) is 11.5. The summed E-state index contributed by atoms with van der Waals surface area (Å²) in [5, 5.41) is 10.6. The maximum atomic E-state index is 12.5. The first-order chi connectivity index (χ1) is 11.0. The number of rotatable bonds is 7. The van der Waals surface area contributed by atoms with E-state index < -0.39 is 22.6 Å². The van der Waals surface area contributed by atoms with Gasteiger partial charge in [-0.2, -0.15) is 0 Å². The molecule has 2 N–H and O–H groups in total. The van der Waals surface area contributed by atoms with Crippen LogP contribution in [0, 0.1) is 10.1 Å². The number of nitrogens with two attached hydrogens (primary N) is 1. The van der Waals surface area contributed by atoms with Gasteiger partial charge in [-0.05, 0) is 11.6 Å². The van der Waals surface area contributed by atoms with Crippen LogP contribution in [0.1, 0.15) is 22.5 Å². The molecule has 0 fully saturated rings. The molecule has 1 heterocycles. The van der Waals surface area contributed by atoms with Crippen molar-refractivity contribution in [1.29, 1.82) is 0 Å². The predicted octanol–water partition coefficient (Wildman–Crippen LogP) is 1.71. The summed E-state index contributed by atoms with van der Waals surface area (Å²) < 4.78 is 4.93. The maximum absolute atomic E-state index is 12.5. The highest BCUT2D eigenvalue weighted by molar-refractivity contribution is 5.92. The van der Waals surface area contributed by atoms with Crippen molar-refractivity contribution < 1.29 is 18.9 Å². The molecule has 2 rings (SSSR count). The van der Waals surface area contributed by atoms with Gasteiger partial charge in [-0.25, -0.2) is 0 Å². The summed E-state index contributed by atoms with van der Waals surface area (Å²) in [7, 11) is 0. The van der Waals surface area contributed by atoms with E-state index in [-0.39, 0.29) is 25.3 Å². The third-order valence-corrected chi connectivity index (χ3v) is 3.11. The van der Waals surface area contributed by atoms with Gasteiger partial charge in [-0.1, -0.05) is 30.3 Å². The van der Waals surface area contributed by atoms with Crippen LogP contribution < -0.4 is 5.73 Å². The molecule has 23 heavy (non-hydrogen) atoms. The van der Waals surface area contributed by atoms with E-state index in [9.17, 15) is 19.7 Å². The number of benzene rings is 1. The monoisotopic (exact) mass is 317 g/mol. The Kier molecular flexibility index (Phi) is 5.08. The van der Waals surface area contributed by atoms with E-state index in [0.717, 1.165) is 11.6 Å². The van der Waals surface area contributed by atoms with Gasteiger partial charge in [-0.15, -0.1) is 0 Å². The number of furan rings is 1. The molecule has 0 aliphatic heterocycles. The molecular formula is C15H15N3O5. The Morgan fingerprint density at radius 1 is 1.17 bits per heavy atom. The fourth-order valence-electron chi connectivity index (χ4n) is 2.00. The van der Waals surface area contributed by atoms with E-state index in [4.69, 9.17) is 10.2 Å². The van der Waals surface area contributed by atoms with Crippen molar-refractivity contribution in [3.05, 3.63) is 63.9 Å². The smallest absolute Gasteiger partial charge is 0.395 e. The first-order valence-electron chi connectivity index (χ1n) is 6.83. The number of amides is 2. The van der Waals surface area contributed by atoms with Gasteiger partial charge in [0, 0.05) is 19.5 Å². The van der Waals surface area contributed by atoms with Crippen molar-refractivity contribution in [3.8, 4) is 0 Å².